The van der Waals surface area contributed by atoms with E-state index in [1.54, 1.807) is 13.0 Å². The number of rotatable bonds is 6. The Labute approximate surface area is 108 Å². The molecule has 96 valence electrons. The van der Waals surface area contributed by atoms with Gasteiger partial charge in [0.05, 0.1) is 23.4 Å². The Kier molecular flexibility index (Phi) is 5.75. The number of halogens is 1. The molecule has 4 heteroatoms. The first kappa shape index (κ1) is 14.3. The Morgan fingerprint density at radius 3 is 2.53 bits per heavy atom. The van der Waals surface area contributed by atoms with E-state index in [0.717, 1.165) is 24.2 Å². The maximum atomic E-state index is 9.47. The van der Waals surface area contributed by atoms with Gasteiger partial charge in [0.15, 0.2) is 0 Å². The second kappa shape index (κ2) is 6.84. The predicted octanol–water partition coefficient (Wildman–Crippen LogP) is 2.60. The Morgan fingerprint density at radius 1 is 1.35 bits per heavy atom. The van der Waals surface area contributed by atoms with E-state index in [4.69, 9.17) is 16.7 Å². The molecule has 0 aliphatic carbocycles. The molecule has 0 saturated carbocycles. The van der Waals surface area contributed by atoms with Crippen LogP contribution in [0, 0.1) is 0 Å². The molecule has 0 aliphatic rings. The largest absolute Gasteiger partial charge is 0.395 e. The third kappa shape index (κ3) is 3.87. The fourth-order valence-corrected chi connectivity index (χ4v) is 2.09. The van der Waals surface area contributed by atoms with Gasteiger partial charge in [0.2, 0.25) is 0 Å². The van der Waals surface area contributed by atoms with Crippen LogP contribution in [0.5, 0.6) is 0 Å². The molecule has 0 radical (unpaired) electrons. The molecular formula is C13H20ClNO2. The molecule has 1 atom stereocenters. The van der Waals surface area contributed by atoms with Gasteiger partial charge < -0.3 is 15.1 Å². The van der Waals surface area contributed by atoms with Crippen LogP contribution in [0.1, 0.15) is 31.9 Å². The van der Waals surface area contributed by atoms with E-state index in [1.807, 2.05) is 17.0 Å². The number of aliphatic hydroxyl groups excluding tert-OH is 2. The first-order valence-corrected chi connectivity index (χ1v) is 6.31. The molecule has 17 heavy (non-hydrogen) atoms. The minimum atomic E-state index is -0.515. The maximum Gasteiger partial charge on any atom is 0.0762 e. The van der Waals surface area contributed by atoms with Gasteiger partial charge in [-0.1, -0.05) is 24.6 Å². The summed E-state index contributed by atoms with van der Waals surface area (Å²) >= 11 is 6.21. The van der Waals surface area contributed by atoms with Gasteiger partial charge in [-0.25, -0.2) is 0 Å². The zero-order valence-electron chi connectivity index (χ0n) is 10.4. The van der Waals surface area contributed by atoms with Crippen molar-refractivity contribution >= 4 is 17.3 Å². The molecule has 3 nitrogen and oxygen atoms in total. The zero-order valence-corrected chi connectivity index (χ0v) is 11.1. The molecule has 0 saturated heterocycles. The van der Waals surface area contributed by atoms with Crippen molar-refractivity contribution in [3.05, 3.63) is 28.8 Å². The average Bonchev–Trinajstić information content (AvgIpc) is 2.28. The molecular weight excluding hydrogens is 238 g/mol. The molecule has 0 fully saturated rings. The lowest BCUT2D eigenvalue weighted by Crippen LogP contribution is -2.27. The maximum absolute atomic E-state index is 9.47. The normalized spacial score (nSPS) is 12.5. The number of nitrogens with zero attached hydrogens (tertiary/aromatic N) is 1. The summed E-state index contributed by atoms with van der Waals surface area (Å²) in [5.41, 5.74) is 1.71. The summed E-state index contributed by atoms with van der Waals surface area (Å²) in [6.45, 7) is 5.33. The highest BCUT2D eigenvalue weighted by atomic mass is 35.5. The topological polar surface area (TPSA) is 43.7 Å². The standard InChI is InChI=1S/C13H20ClNO2/c1-3-6-15(7-8-16)13-5-4-11(10(2)17)9-12(13)14/h4-5,9-10,16-17H,3,6-8H2,1-2H3/t10-/m0/s1. The van der Waals surface area contributed by atoms with Crippen LogP contribution >= 0.6 is 11.6 Å². The molecule has 0 heterocycles. The van der Waals surface area contributed by atoms with E-state index >= 15 is 0 Å². The van der Waals surface area contributed by atoms with Gasteiger partial charge in [0.1, 0.15) is 0 Å². The highest BCUT2D eigenvalue weighted by molar-refractivity contribution is 6.33. The lowest BCUT2D eigenvalue weighted by atomic mass is 10.1. The van der Waals surface area contributed by atoms with Gasteiger partial charge in [-0.05, 0) is 31.0 Å². The van der Waals surface area contributed by atoms with Crippen LogP contribution in [0.25, 0.3) is 0 Å². The summed E-state index contributed by atoms with van der Waals surface area (Å²) in [5, 5.41) is 19.1. The Balaban J connectivity index is 2.95. The Bertz CT molecular complexity index is 349. The van der Waals surface area contributed by atoms with Crippen LogP contribution in [0.3, 0.4) is 0 Å². The minimum absolute atomic E-state index is 0.106. The van der Waals surface area contributed by atoms with E-state index in [0.29, 0.717) is 11.6 Å². The molecule has 0 amide bonds. The molecule has 0 aliphatic heterocycles. The molecule has 0 bridgehead atoms. The van der Waals surface area contributed by atoms with E-state index in [1.165, 1.54) is 0 Å². The third-order valence-corrected chi connectivity index (χ3v) is 2.96. The van der Waals surface area contributed by atoms with Crippen molar-refractivity contribution < 1.29 is 10.2 Å². The first-order valence-electron chi connectivity index (χ1n) is 5.93. The van der Waals surface area contributed by atoms with Crippen molar-refractivity contribution in [1.82, 2.24) is 0 Å². The summed E-state index contributed by atoms with van der Waals surface area (Å²) in [6.07, 6.45) is 0.480. The molecule has 2 N–H and O–H groups in total. The van der Waals surface area contributed by atoms with Crippen LogP contribution in [-0.2, 0) is 0 Å². The highest BCUT2D eigenvalue weighted by Gasteiger charge is 2.11. The Hall–Kier alpha value is -0.770. The second-order valence-electron chi connectivity index (χ2n) is 4.10. The summed E-state index contributed by atoms with van der Waals surface area (Å²) in [4.78, 5) is 2.05. The van der Waals surface area contributed by atoms with Gasteiger partial charge >= 0.3 is 0 Å². The number of hydrogen-bond donors (Lipinski definition) is 2. The van der Waals surface area contributed by atoms with Crippen LogP contribution in [0.15, 0.2) is 18.2 Å². The number of hydrogen-bond acceptors (Lipinski definition) is 3. The zero-order chi connectivity index (χ0) is 12.8. The van der Waals surface area contributed by atoms with Crippen molar-refractivity contribution in [1.29, 1.82) is 0 Å². The first-order chi connectivity index (χ1) is 8.10. The van der Waals surface area contributed by atoms with Gasteiger partial charge in [0, 0.05) is 13.1 Å². The van der Waals surface area contributed by atoms with E-state index in [2.05, 4.69) is 6.92 Å². The third-order valence-electron chi connectivity index (χ3n) is 2.66. The summed E-state index contributed by atoms with van der Waals surface area (Å²) < 4.78 is 0. The van der Waals surface area contributed by atoms with Crippen molar-refractivity contribution in [2.75, 3.05) is 24.6 Å². The van der Waals surface area contributed by atoms with Crippen LogP contribution in [-0.4, -0.2) is 29.9 Å². The van der Waals surface area contributed by atoms with Crippen LogP contribution < -0.4 is 4.90 Å². The van der Waals surface area contributed by atoms with Gasteiger partial charge in [-0.15, -0.1) is 0 Å². The number of benzene rings is 1. The van der Waals surface area contributed by atoms with Crippen LogP contribution in [0.4, 0.5) is 5.69 Å². The SMILES string of the molecule is CCCN(CCO)c1ccc([C@H](C)O)cc1Cl. The summed E-state index contributed by atoms with van der Waals surface area (Å²) in [5.74, 6) is 0. The lowest BCUT2D eigenvalue weighted by molar-refractivity contribution is 0.199. The Morgan fingerprint density at radius 2 is 2.06 bits per heavy atom. The molecule has 0 unspecified atom stereocenters. The van der Waals surface area contributed by atoms with Crippen molar-refractivity contribution in [3.8, 4) is 0 Å². The lowest BCUT2D eigenvalue weighted by Gasteiger charge is -2.25. The summed E-state index contributed by atoms with van der Waals surface area (Å²) in [6, 6.07) is 5.54. The molecule has 0 aromatic heterocycles. The van der Waals surface area contributed by atoms with E-state index in [9.17, 15) is 5.11 Å². The molecule has 0 spiro atoms. The fourth-order valence-electron chi connectivity index (χ4n) is 1.78. The highest BCUT2D eigenvalue weighted by Crippen LogP contribution is 2.29. The van der Waals surface area contributed by atoms with Gasteiger partial charge in [-0.3, -0.25) is 0 Å². The van der Waals surface area contributed by atoms with Gasteiger partial charge in [-0.2, -0.15) is 0 Å². The average molecular weight is 258 g/mol. The van der Waals surface area contributed by atoms with Gasteiger partial charge in [0.25, 0.3) is 0 Å². The van der Waals surface area contributed by atoms with Crippen molar-refractivity contribution in [2.24, 2.45) is 0 Å². The molecule has 1 aromatic rings. The van der Waals surface area contributed by atoms with Crippen LogP contribution in [0.2, 0.25) is 5.02 Å². The smallest absolute Gasteiger partial charge is 0.0762 e. The minimum Gasteiger partial charge on any atom is -0.395 e. The summed E-state index contributed by atoms with van der Waals surface area (Å²) in [7, 11) is 0. The monoisotopic (exact) mass is 257 g/mol. The molecule has 1 aromatic carbocycles. The fraction of sp³-hybridized carbons (Fsp3) is 0.538. The van der Waals surface area contributed by atoms with E-state index < -0.39 is 6.10 Å². The number of aliphatic hydroxyl groups is 2. The quantitative estimate of drug-likeness (QED) is 0.823. The van der Waals surface area contributed by atoms with E-state index in [-0.39, 0.29) is 6.61 Å². The van der Waals surface area contributed by atoms with Crippen molar-refractivity contribution in [3.63, 3.8) is 0 Å². The number of anilines is 1. The molecule has 1 rings (SSSR count). The van der Waals surface area contributed by atoms with Crippen molar-refractivity contribution in [2.45, 2.75) is 26.4 Å². The second-order valence-corrected chi connectivity index (χ2v) is 4.50. The predicted molar refractivity (Wildman–Crippen MR) is 71.7 cm³/mol.